The van der Waals surface area contributed by atoms with Crippen molar-refractivity contribution in [3.8, 4) is 5.75 Å². The van der Waals surface area contributed by atoms with E-state index in [1.54, 1.807) is 24.0 Å². The Morgan fingerprint density at radius 2 is 1.96 bits per heavy atom. The molecule has 1 fully saturated rings. The molecule has 0 spiro atoms. The topological polar surface area (TPSA) is 70.1 Å². The van der Waals surface area contributed by atoms with Crippen LogP contribution < -0.4 is 4.74 Å². The lowest BCUT2D eigenvalue weighted by Gasteiger charge is -2.24. The van der Waals surface area contributed by atoms with Crippen molar-refractivity contribution < 1.29 is 19.4 Å². The maximum Gasteiger partial charge on any atom is 0.320 e. The van der Waals surface area contributed by atoms with Crippen LogP contribution in [-0.4, -0.2) is 60.1 Å². The summed E-state index contributed by atoms with van der Waals surface area (Å²) in [5.41, 5.74) is 1.04. The number of nitrogens with zero attached hydrogens (tertiary/aromatic N) is 2. The van der Waals surface area contributed by atoms with Gasteiger partial charge in [-0.25, -0.2) is 0 Å². The number of hydrogen-bond acceptors (Lipinski definition) is 4. The molecule has 6 heteroatoms. The lowest BCUT2D eigenvalue weighted by Crippen LogP contribution is -2.43. The fourth-order valence-corrected chi connectivity index (χ4v) is 3.45. The van der Waals surface area contributed by atoms with Crippen molar-refractivity contribution in [1.29, 1.82) is 0 Å². The summed E-state index contributed by atoms with van der Waals surface area (Å²) in [6, 6.07) is 11.4. The van der Waals surface area contributed by atoms with Crippen LogP contribution in [0.5, 0.6) is 5.75 Å². The fourth-order valence-electron chi connectivity index (χ4n) is 3.45. The van der Waals surface area contributed by atoms with Gasteiger partial charge in [0.05, 0.1) is 13.7 Å². The number of likely N-dealkylation sites (tertiary alicyclic amines) is 1. The minimum atomic E-state index is -0.845. The van der Waals surface area contributed by atoms with E-state index in [2.05, 4.69) is 6.07 Å². The average molecular weight is 356 g/mol. The second-order valence-corrected chi connectivity index (χ2v) is 6.76. The first kappa shape index (κ1) is 18.2. The highest BCUT2D eigenvalue weighted by Gasteiger charge is 2.32. The molecule has 2 aromatic carbocycles. The lowest BCUT2D eigenvalue weighted by atomic mass is 10.1. The molecule has 6 nitrogen and oxygen atoms in total. The van der Waals surface area contributed by atoms with Crippen LogP contribution in [0.25, 0.3) is 10.8 Å². The largest absolute Gasteiger partial charge is 0.497 e. The third kappa shape index (κ3) is 3.96. The van der Waals surface area contributed by atoms with Gasteiger partial charge in [0.15, 0.2) is 0 Å². The van der Waals surface area contributed by atoms with Gasteiger partial charge in [-0.3, -0.25) is 14.5 Å². The minimum absolute atomic E-state index is 0.0621. The van der Waals surface area contributed by atoms with Crippen molar-refractivity contribution in [2.45, 2.75) is 25.4 Å². The van der Waals surface area contributed by atoms with Crippen molar-refractivity contribution in [3.05, 3.63) is 42.0 Å². The van der Waals surface area contributed by atoms with E-state index >= 15 is 0 Å². The first-order chi connectivity index (χ1) is 12.5. The highest BCUT2D eigenvalue weighted by atomic mass is 16.5. The summed E-state index contributed by atoms with van der Waals surface area (Å²) in [5.74, 6) is -0.0907. The van der Waals surface area contributed by atoms with E-state index in [0.29, 0.717) is 19.5 Å². The first-order valence-corrected chi connectivity index (χ1v) is 8.75. The molecule has 0 bridgehead atoms. The summed E-state index contributed by atoms with van der Waals surface area (Å²) in [5, 5.41) is 11.4. The first-order valence-electron chi connectivity index (χ1n) is 8.75. The number of carbonyl (C=O) groups excluding carboxylic acids is 1. The number of amides is 1. The Balaban J connectivity index is 1.65. The number of methoxy groups -OCH3 is 1. The molecule has 26 heavy (non-hydrogen) atoms. The Morgan fingerprint density at radius 3 is 2.69 bits per heavy atom. The number of aliphatic carboxylic acids is 1. The zero-order chi connectivity index (χ0) is 18.7. The molecule has 0 radical (unpaired) electrons. The molecule has 0 saturated carbocycles. The summed E-state index contributed by atoms with van der Waals surface area (Å²) in [6.07, 6.45) is 1.43. The van der Waals surface area contributed by atoms with Crippen molar-refractivity contribution in [2.24, 2.45) is 0 Å². The SMILES string of the molecule is COc1ccc2cc(CN(C)C(=O)CN3CCC[C@@H]3C(=O)O)ccc2c1. The number of carboxylic acid groups (broad SMARTS) is 1. The Morgan fingerprint density at radius 1 is 1.23 bits per heavy atom. The standard InChI is InChI=1S/C20H24N2O4/c1-21(19(23)13-22-9-3-4-18(22)20(24)25)12-14-5-6-16-11-17(26-2)8-7-15(16)10-14/h5-8,10-11,18H,3-4,9,12-13H2,1-2H3,(H,24,25)/t18-/m1/s1. The Kier molecular flexibility index (Phi) is 5.42. The monoisotopic (exact) mass is 356 g/mol. The predicted octanol–water partition coefficient (Wildman–Crippen LogP) is 2.36. The van der Waals surface area contributed by atoms with Gasteiger partial charge in [-0.1, -0.05) is 18.2 Å². The van der Waals surface area contributed by atoms with Crippen molar-refractivity contribution in [3.63, 3.8) is 0 Å². The normalized spacial score (nSPS) is 17.4. The summed E-state index contributed by atoms with van der Waals surface area (Å²) >= 11 is 0. The molecule has 138 valence electrons. The third-order valence-electron chi connectivity index (χ3n) is 4.94. The number of fused-ring (bicyclic) bond motifs is 1. The quantitative estimate of drug-likeness (QED) is 0.860. The molecule has 1 saturated heterocycles. The summed E-state index contributed by atoms with van der Waals surface area (Å²) in [6.45, 7) is 1.30. The van der Waals surface area contributed by atoms with Crippen molar-refractivity contribution >= 4 is 22.6 Å². The Labute approximate surface area is 153 Å². The van der Waals surface area contributed by atoms with Crippen LogP contribution in [-0.2, 0) is 16.1 Å². The molecule has 0 aliphatic carbocycles. The van der Waals surface area contributed by atoms with Crippen LogP contribution in [0.4, 0.5) is 0 Å². The van der Waals surface area contributed by atoms with Gasteiger partial charge in [0.1, 0.15) is 11.8 Å². The van der Waals surface area contributed by atoms with Gasteiger partial charge >= 0.3 is 5.97 Å². The molecule has 1 amide bonds. The van der Waals surface area contributed by atoms with Crippen LogP contribution in [0.3, 0.4) is 0 Å². The molecule has 3 rings (SSSR count). The molecular weight excluding hydrogens is 332 g/mol. The second-order valence-electron chi connectivity index (χ2n) is 6.76. The van der Waals surface area contributed by atoms with E-state index < -0.39 is 12.0 Å². The van der Waals surface area contributed by atoms with E-state index in [1.165, 1.54) is 0 Å². The van der Waals surface area contributed by atoms with Gasteiger partial charge in [0, 0.05) is 13.6 Å². The molecule has 1 aliphatic rings. The molecule has 1 aliphatic heterocycles. The smallest absolute Gasteiger partial charge is 0.320 e. The highest BCUT2D eigenvalue weighted by molar-refractivity contribution is 5.85. The number of ether oxygens (including phenoxy) is 1. The highest BCUT2D eigenvalue weighted by Crippen LogP contribution is 2.22. The molecule has 0 aromatic heterocycles. The van der Waals surface area contributed by atoms with Crippen molar-refractivity contribution in [2.75, 3.05) is 27.2 Å². The molecular formula is C20H24N2O4. The van der Waals surface area contributed by atoms with Crippen LogP contribution >= 0.6 is 0 Å². The fraction of sp³-hybridized carbons (Fsp3) is 0.400. The van der Waals surface area contributed by atoms with E-state index in [-0.39, 0.29) is 12.5 Å². The van der Waals surface area contributed by atoms with E-state index in [9.17, 15) is 14.7 Å². The number of hydrogen-bond donors (Lipinski definition) is 1. The van der Waals surface area contributed by atoms with Crippen LogP contribution in [0.15, 0.2) is 36.4 Å². The number of likely N-dealkylation sites (N-methyl/N-ethyl adjacent to an activating group) is 1. The van der Waals surface area contributed by atoms with Gasteiger partial charge < -0.3 is 14.7 Å². The van der Waals surface area contributed by atoms with Crippen LogP contribution in [0.1, 0.15) is 18.4 Å². The number of carbonyl (C=O) groups is 2. The maximum absolute atomic E-state index is 12.5. The molecule has 1 N–H and O–H groups in total. The summed E-state index contributed by atoms with van der Waals surface area (Å²) < 4.78 is 5.24. The van der Waals surface area contributed by atoms with Gasteiger partial charge in [-0.15, -0.1) is 0 Å². The zero-order valence-electron chi connectivity index (χ0n) is 15.1. The number of carboxylic acids is 1. The van der Waals surface area contributed by atoms with Crippen LogP contribution in [0, 0.1) is 0 Å². The van der Waals surface area contributed by atoms with E-state index in [1.807, 2.05) is 30.3 Å². The maximum atomic E-state index is 12.5. The van der Waals surface area contributed by atoms with E-state index in [0.717, 1.165) is 28.5 Å². The predicted molar refractivity (Wildman–Crippen MR) is 99.2 cm³/mol. The molecule has 1 heterocycles. The van der Waals surface area contributed by atoms with Gasteiger partial charge in [0.25, 0.3) is 0 Å². The number of benzene rings is 2. The Bertz CT molecular complexity index is 821. The lowest BCUT2D eigenvalue weighted by molar-refractivity contribution is -0.143. The van der Waals surface area contributed by atoms with Gasteiger partial charge in [-0.05, 0) is 53.9 Å². The average Bonchev–Trinajstić information content (AvgIpc) is 3.09. The van der Waals surface area contributed by atoms with Gasteiger partial charge in [0.2, 0.25) is 5.91 Å². The molecule has 0 unspecified atom stereocenters. The van der Waals surface area contributed by atoms with Gasteiger partial charge in [-0.2, -0.15) is 0 Å². The second kappa shape index (κ2) is 7.74. The minimum Gasteiger partial charge on any atom is -0.497 e. The molecule has 1 atom stereocenters. The summed E-state index contributed by atoms with van der Waals surface area (Å²) in [4.78, 5) is 27.2. The zero-order valence-corrected chi connectivity index (χ0v) is 15.1. The van der Waals surface area contributed by atoms with Crippen molar-refractivity contribution in [1.82, 2.24) is 9.80 Å². The Hall–Kier alpha value is -2.60. The number of rotatable bonds is 6. The van der Waals surface area contributed by atoms with E-state index in [4.69, 9.17) is 4.74 Å². The summed E-state index contributed by atoms with van der Waals surface area (Å²) in [7, 11) is 3.40. The van der Waals surface area contributed by atoms with Crippen LogP contribution in [0.2, 0.25) is 0 Å². The molecule has 2 aromatic rings. The third-order valence-corrected chi connectivity index (χ3v) is 4.94.